The average Bonchev–Trinajstić information content (AvgIpc) is 1.98. The van der Waals surface area contributed by atoms with E-state index in [-0.39, 0.29) is 18.3 Å². The zero-order valence-corrected chi connectivity index (χ0v) is 9.85. The summed E-state index contributed by atoms with van der Waals surface area (Å²) in [5.74, 6) is -0.644. The van der Waals surface area contributed by atoms with Crippen LogP contribution in [0.15, 0.2) is 0 Å². The Morgan fingerprint density at radius 3 is 2.17 bits per heavy atom. The fourth-order valence-electron chi connectivity index (χ4n) is 0.535. The van der Waals surface area contributed by atoms with Gasteiger partial charge in [0.2, 0.25) is 0 Å². The second-order valence-corrected chi connectivity index (χ2v) is 3.59. The zero-order valence-electron chi connectivity index (χ0n) is 6.68. The second kappa shape index (κ2) is 6.60. The van der Waals surface area contributed by atoms with Crippen LogP contribution in [0.2, 0.25) is 0 Å². The van der Waals surface area contributed by atoms with Gasteiger partial charge in [0.05, 0.1) is 0 Å². The molecule has 0 spiro atoms. The predicted molar refractivity (Wildman–Crippen MR) is 52.8 cm³/mol. The molecule has 0 bridgehead atoms. The van der Waals surface area contributed by atoms with E-state index in [1.54, 1.807) is 0 Å². The van der Waals surface area contributed by atoms with Crippen molar-refractivity contribution in [2.75, 3.05) is 10.7 Å². The monoisotopic (exact) mass is 300 g/mol. The highest BCUT2D eigenvalue weighted by Gasteiger charge is 2.12. The number of ketones is 1. The quantitative estimate of drug-likeness (QED) is 0.441. The van der Waals surface area contributed by atoms with E-state index in [1.165, 1.54) is 6.92 Å². The predicted octanol–water partition coefficient (Wildman–Crippen LogP) is 1.67. The molecule has 0 saturated heterocycles. The van der Waals surface area contributed by atoms with Crippen molar-refractivity contribution in [1.29, 1.82) is 0 Å². The van der Waals surface area contributed by atoms with Crippen molar-refractivity contribution < 1.29 is 14.3 Å². The number of hydrogen-bond acceptors (Lipinski definition) is 3. The molecule has 0 fully saturated rings. The zero-order chi connectivity index (χ0) is 9.56. The van der Waals surface area contributed by atoms with Crippen LogP contribution in [0.5, 0.6) is 0 Å². The third-order valence-electron chi connectivity index (χ3n) is 1.04. The lowest BCUT2D eigenvalue weighted by Gasteiger charge is -2.11. The highest BCUT2D eigenvalue weighted by Crippen LogP contribution is 2.03. The van der Waals surface area contributed by atoms with Gasteiger partial charge in [-0.2, -0.15) is 0 Å². The fourth-order valence-corrected chi connectivity index (χ4v) is 1.87. The first-order valence-corrected chi connectivity index (χ1v) is 5.65. The van der Waals surface area contributed by atoms with E-state index in [9.17, 15) is 9.59 Å². The summed E-state index contributed by atoms with van der Waals surface area (Å²) in [6.45, 7) is 1.36. The summed E-state index contributed by atoms with van der Waals surface area (Å²) in [6.07, 6.45) is -0.340. The smallest absolute Gasteiger partial charge is 0.313 e. The van der Waals surface area contributed by atoms with Gasteiger partial charge in [-0.1, -0.05) is 31.9 Å². The average molecular weight is 302 g/mol. The molecule has 0 rings (SSSR count). The van der Waals surface area contributed by atoms with Crippen molar-refractivity contribution in [3.8, 4) is 0 Å². The Morgan fingerprint density at radius 1 is 1.33 bits per heavy atom. The lowest BCUT2D eigenvalue weighted by molar-refractivity contribution is -0.148. The van der Waals surface area contributed by atoms with Crippen molar-refractivity contribution in [1.82, 2.24) is 0 Å². The molecule has 70 valence electrons. The number of alkyl halides is 2. The van der Waals surface area contributed by atoms with Crippen LogP contribution in [0.25, 0.3) is 0 Å². The molecule has 0 unspecified atom stereocenters. The summed E-state index contributed by atoms with van der Waals surface area (Å²) in [5.41, 5.74) is 0. The molecule has 0 N–H and O–H groups in total. The summed E-state index contributed by atoms with van der Waals surface area (Å²) >= 11 is 6.36. The molecule has 0 aromatic rings. The molecule has 12 heavy (non-hydrogen) atoms. The topological polar surface area (TPSA) is 43.4 Å². The van der Waals surface area contributed by atoms with Crippen molar-refractivity contribution >= 4 is 43.6 Å². The minimum atomic E-state index is -0.466. The van der Waals surface area contributed by atoms with Crippen LogP contribution in [0.1, 0.15) is 13.3 Å². The molecule has 0 aromatic carbocycles. The second-order valence-electron chi connectivity index (χ2n) is 2.30. The van der Waals surface area contributed by atoms with E-state index in [1.807, 2.05) is 0 Å². The van der Waals surface area contributed by atoms with Gasteiger partial charge >= 0.3 is 5.97 Å². The van der Waals surface area contributed by atoms with Gasteiger partial charge in [-0.05, 0) is 6.92 Å². The number of Topliss-reactive ketones (excluding diaryl/α,β-unsaturated/α-hetero) is 1. The SMILES string of the molecule is CC(=O)CC(=O)OC(CBr)CBr. The third-order valence-corrected chi connectivity index (χ3v) is 2.48. The number of ether oxygens (including phenoxy) is 1. The van der Waals surface area contributed by atoms with Gasteiger partial charge in [0.25, 0.3) is 0 Å². The first-order valence-electron chi connectivity index (χ1n) is 3.41. The van der Waals surface area contributed by atoms with Gasteiger partial charge in [0, 0.05) is 10.7 Å². The van der Waals surface area contributed by atoms with E-state index in [0.717, 1.165) is 0 Å². The number of carbonyl (C=O) groups excluding carboxylic acids is 2. The fraction of sp³-hybridized carbons (Fsp3) is 0.714. The standard InChI is InChI=1S/C7H10Br2O3/c1-5(10)2-7(11)12-6(3-8)4-9/h6H,2-4H2,1H3. The summed E-state index contributed by atoms with van der Waals surface area (Å²) in [4.78, 5) is 21.4. The molecule has 0 heterocycles. The molecule has 0 aliphatic heterocycles. The Labute approximate surface area is 88.1 Å². The van der Waals surface area contributed by atoms with Gasteiger partial charge in [-0.25, -0.2) is 0 Å². The summed E-state index contributed by atoms with van der Waals surface area (Å²) < 4.78 is 4.91. The van der Waals surface area contributed by atoms with Gasteiger partial charge in [-0.15, -0.1) is 0 Å². The molecule has 0 radical (unpaired) electrons. The lowest BCUT2D eigenvalue weighted by atomic mass is 10.3. The molecular formula is C7H10Br2O3. The molecule has 0 atom stereocenters. The molecule has 3 nitrogen and oxygen atoms in total. The van der Waals surface area contributed by atoms with Gasteiger partial charge < -0.3 is 4.74 Å². The molecule has 0 amide bonds. The number of rotatable bonds is 5. The van der Waals surface area contributed by atoms with Crippen LogP contribution < -0.4 is 0 Å². The van der Waals surface area contributed by atoms with E-state index in [2.05, 4.69) is 31.9 Å². The number of esters is 1. The Bertz CT molecular complexity index is 166. The largest absolute Gasteiger partial charge is 0.460 e. The van der Waals surface area contributed by atoms with Crippen LogP contribution in [0, 0.1) is 0 Å². The summed E-state index contributed by atoms with van der Waals surface area (Å²) in [5, 5.41) is 1.14. The van der Waals surface area contributed by atoms with Gasteiger partial charge in [0.15, 0.2) is 0 Å². The maximum atomic E-state index is 10.9. The van der Waals surface area contributed by atoms with Crippen molar-refractivity contribution in [2.45, 2.75) is 19.4 Å². The summed E-state index contributed by atoms with van der Waals surface area (Å²) in [7, 11) is 0. The normalized spacial score (nSPS) is 10.0. The maximum absolute atomic E-state index is 10.9. The van der Waals surface area contributed by atoms with Crippen molar-refractivity contribution in [2.24, 2.45) is 0 Å². The Balaban J connectivity index is 3.74. The highest BCUT2D eigenvalue weighted by atomic mass is 79.9. The molecule has 0 aliphatic rings. The minimum Gasteiger partial charge on any atom is -0.460 e. The van der Waals surface area contributed by atoms with Crippen LogP contribution in [-0.4, -0.2) is 28.5 Å². The van der Waals surface area contributed by atoms with Gasteiger partial charge in [0.1, 0.15) is 18.3 Å². The number of hydrogen-bond donors (Lipinski definition) is 0. The Hall–Kier alpha value is 0.1000. The molecule has 0 saturated carbocycles. The van der Waals surface area contributed by atoms with Crippen molar-refractivity contribution in [3.63, 3.8) is 0 Å². The van der Waals surface area contributed by atoms with E-state index < -0.39 is 5.97 Å². The number of carbonyl (C=O) groups is 2. The Kier molecular flexibility index (Phi) is 6.65. The van der Waals surface area contributed by atoms with Crippen LogP contribution in [0.3, 0.4) is 0 Å². The van der Waals surface area contributed by atoms with Crippen molar-refractivity contribution in [3.05, 3.63) is 0 Å². The minimum absolute atomic E-state index is 0.142. The van der Waals surface area contributed by atoms with Crippen LogP contribution >= 0.6 is 31.9 Å². The Morgan fingerprint density at radius 2 is 1.83 bits per heavy atom. The maximum Gasteiger partial charge on any atom is 0.313 e. The lowest BCUT2D eigenvalue weighted by Crippen LogP contribution is -2.22. The van der Waals surface area contributed by atoms with Crippen LogP contribution in [0.4, 0.5) is 0 Å². The highest BCUT2D eigenvalue weighted by molar-refractivity contribution is 9.09. The van der Waals surface area contributed by atoms with E-state index in [0.29, 0.717) is 10.7 Å². The van der Waals surface area contributed by atoms with E-state index >= 15 is 0 Å². The molecule has 0 aliphatic carbocycles. The van der Waals surface area contributed by atoms with Crippen LogP contribution in [-0.2, 0) is 14.3 Å². The third kappa shape index (κ3) is 5.71. The molecular weight excluding hydrogens is 292 g/mol. The van der Waals surface area contributed by atoms with Gasteiger partial charge in [-0.3, -0.25) is 9.59 Å². The summed E-state index contributed by atoms with van der Waals surface area (Å²) in [6, 6.07) is 0. The first-order chi connectivity index (χ1) is 5.60. The first kappa shape index (κ1) is 12.1. The molecule has 5 heteroatoms. The van der Waals surface area contributed by atoms with E-state index in [4.69, 9.17) is 4.74 Å². The number of halogens is 2. The molecule has 0 aromatic heterocycles.